The molecule has 0 heterocycles. The highest BCUT2D eigenvalue weighted by atomic mass is 16.5. The van der Waals surface area contributed by atoms with Crippen LogP contribution in [0.15, 0.2) is 48.5 Å². The minimum atomic E-state index is 0.0412. The molecule has 0 bridgehead atoms. The zero-order chi connectivity index (χ0) is 15.8. The van der Waals surface area contributed by atoms with E-state index >= 15 is 0 Å². The smallest absolute Gasteiger partial charge is 0.224 e. The van der Waals surface area contributed by atoms with Crippen molar-refractivity contribution in [1.82, 2.24) is 5.32 Å². The fourth-order valence-corrected chi connectivity index (χ4v) is 2.20. The summed E-state index contributed by atoms with van der Waals surface area (Å²) in [7, 11) is 1.66. The van der Waals surface area contributed by atoms with E-state index < -0.39 is 0 Å². The first-order valence-corrected chi connectivity index (χ1v) is 7.41. The number of nitrogens with two attached hydrogens (primary N) is 1. The second kappa shape index (κ2) is 8.08. The number of benzene rings is 2. The highest BCUT2D eigenvalue weighted by Crippen LogP contribution is 2.12. The molecule has 2 aromatic rings. The standard InChI is InChI=1S/C18H22N2O2/c1-22-17-10-6-14(7-11-17)3-2-12-20-18(21)13-15-4-8-16(19)9-5-15/h4-11H,2-3,12-13,19H2,1H3,(H,20,21). The van der Waals surface area contributed by atoms with Gasteiger partial charge in [-0.1, -0.05) is 24.3 Å². The molecule has 0 fully saturated rings. The van der Waals surface area contributed by atoms with Crippen molar-refractivity contribution >= 4 is 11.6 Å². The first-order chi connectivity index (χ1) is 10.7. The Bertz CT molecular complexity index is 591. The van der Waals surface area contributed by atoms with E-state index in [1.807, 2.05) is 36.4 Å². The van der Waals surface area contributed by atoms with E-state index in [9.17, 15) is 4.79 Å². The molecule has 0 aromatic heterocycles. The average molecular weight is 298 g/mol. The van der Waals surface area contributed by atoms with Crippen molar-refractivity contribution in [1.29, 1.82) is 0 Å². The highest BCUT2D eigenvalue weighted by molar-refractivity contribution is 5.78. The highest BCUT2D eigenvalue weighted by Gasteiger charge is 2.03. The molecule has 4 heteroatoms. The summed E-state index contributed by atoms with van der Waals surface area (Å²) in [6, 6.07) is 15.4. The van der Waals surface area contributed by atoms with E-state index in [1.54, 1.807) is 7.11 Å². The lowest BCUT2D eigenvalue weighted by atomic mass is 10.1. The number of amides is 1. The fraction of sp³-hybridized carbons (Fsp3) is 0.278. The SMILES string of the molecule is COc1ccc(CCCNC(=O)Cc2ccc(N)cc2)cc1. The molecule has 0 saturated heterocycles. The van der Waals surface area contributed by atoms with E-state index in [2.05, 4.69) is 17.4 Å². The Balaban J connectivity index is 1.67. The molecule has 22 heavy (non-hydrogen) atoms. The van der Waals surface area contributed by atoms with Gasteiger partial charge in [0.2, 0.25) is 5.91 Å². The first kappa shape index (κ1) is 15.9. The molecule has 0 aliphatic carbocycles. The molecule has 0 radical (unpaired) electrons. The van der Waals surface area contributed by atoms with Gasteiger partial charge >= 0.3 is 0 Å². The number of anilines is 1. The normalized spacial score (nSPS) is 10.2. The fourth-order valence-electron chi connectivity index (χ4n) is 2.20. The number of carbonyl (C=O) groups excluding carboxylic acids is 1. The molecule has 4 nitrogen and oxygen atoms in total. The summed E-state index contributed by atoms with van der Waals surface area (Å²) in [4.78, 5) is 11.8. The Kier molecular flexibility index (Phi) is 5.83. The van der Waals surface area contributed by atoms with E-state index in [4.69, 9.17) is 10.5 Å². The number of nitrogens with one attached hydrogen (secondary N) is 1. The minimum absolute atomic E-state index is 0.0412. The quantitative estimate of drug-likeness (QED) is 0.610. The van der Waals surface area contributed by atoms with Gasteiger partial charge in [0.15, 0.2) is 0 Å². The van der Waals surface area contributed by atoms with Crippen LogP contribution >= 0.6 is 0 Å². The molecule has 116 valence electrons. The Hall–Kier alpha value is -2.49. The number of hydrogen-bond donors (Lipinski definition) is 2. The molecule has 0 unspecified atom stereocenters. The zero-order valence-corrected chi connectivity index (χ0v) is 12.8. The third-order valence-electron chi connectivity index (χ3n) is 3.47. The van der Waals surface area contributed by atoms with E-state index in [1.165, 1.54) is 5.56 Å². The largest absolute Gasteiger partial charge is 0.497 e. The number of hydrogen-bond acceptors (Lipinski definition) is 3. The van der Waals surface area contributed by atoms with Crippen LogP contribution in [0.25, 0.3) is 0 Å². The summed E-state index contributed by atoms with van der Waals surface area (Å²) >= 11 is 0. The summed E-state index contributed by atoms with van der Waals surface area (Å²) in [5, 5.41) is 2.94. The van der Waals surface area contributed by atoms with Crippen molar-refractivity contribution in [2.75, 3.05) is 19.4 Å². The molecule has 0 saturated carbocycles. The van der Waals surface area contributed by atoms with Gasteiger partial charge in [0.05, 0.1) is 13.5 Å². The molecule has 2 aromatic carbocycles. The molecular formula is C18H22N2O2. The van der Waals surface area contributed by atoms with E-state index in [0.717, 1.165) is 24.2 Å². The van der Waals surface area contributed by atoms with Crippen molar-refractivity contribution in [3.8, 4) is 5.75 Å². The average Bonchev–Trinajstić information content (AvgIpc) is 2.54. The van der Waals surface area contributed by atoms with Gasteiger partial charge in [0.25, 0.3) is 0 Å². The van der Waals surface area contributed by atoms with E-state index in [-0.39, 0.29) is 5.91 Å². The van der Waals surface area contributed by atoms with Crippen LogP contribution in [0.5, 0.6) is 5.75 Å². The maximum atomic E-state index is 11.8. The van der Waals surface area contributed by atoms with Crippen molar-refractivity contribution in [2.24, 2.45) is 0 Å². The third kappa shape index (κ3) is 5.13. The van der Waals surface area contributed by atoms with Gasteiger partial charge < -0.3 is 15.8 Å². The summed E-state index contributed by atoms with van der Waals surface area (Å²) in [5.41, 5.74) is 8.55. The lowest BCUT2D eigenvalue weighted by molar-refractivity contribution is -0.120. The number of rotatable bonds is 7. The topological polar surface area (TPSA) is 64.3 Å². The van der Waals surface area contributed by atoms with Crippen LogP contribution < -0.4 is 15.8 Å². The number of ether oxygens (including phenoxy) is 1. The van der Waals surface area contributed by atoms with Crippen LogP contribution in [0.4, 0.5) is 5.69 Å². The predicted molar refractivity (Wildman–Crippen MR) is 88.9 cm³/mol. The van der Waals surface area contributed by atoms with E-state index in [0.29, 0.717) is 18.7 Å². The Morgan fingerprint density at radius 3 is 2.32 bits per heavy atom. The van der Waals surface area contributed by atoms with Gasteiger partial charge in [0, 0.05) is 12.2 Å². The van der Waals surface area contributed by atoms with Gasteiger partial charge in [-0.3, -0.25) is 4.79 Å². The number of aryl methyl sites for hydroxylation is 1. The lowest BCUT2D eigenvalue weighted by Gasteiger charge is -2.06. The van der Waals surface area contributed by atoms with Crippen molar-refractivity contribution in [2.45, 2.75) is 19.3 Å². The summed E-state index contributed by atoms with van der Waals surface area (Å²) < 4.78 is 5.13. The Morgan fingerprint density at radius 1 is 1.05 bits per heavy atom. The zero-order valence-electron chi connectivity index (χ0n) is 12.8. The van der Waals surface area contributed by atoms with Crippen molar-refractivity contribution in [3.05, 3.63) is 59.7 Å². The van der Waals surface area contributed by atoms with Crippen LogP contribution in [-0.2, 0) is 17.6 Å². The molecule has 2 rings (SSSR count). The van der Waals surface area contributed by atoms with Gasteiger partial charge in [-0.25, -0.2) is 0 Å². The summed E-state index contributed by atoms with van der Waals surface area (Å²) in [5.74, 6) is 0.903. The molecule has 1 amide bonds. The molecule has 0 spiro atoms. The van der Waals surface area contributed by atoms with Crippen molar-refractivity contribution in [3.63, 3.8) is 0 Å². The molecule has 0 aliphatic rings. The maximum absolute atomic E-state index is 11.8. The van der Waals surface area contributed by atoms with Crippen molar-refractivity contribution < 1.29 is 9.53 Å². The lowest BCUT2D eigenvalue weighted by Crippen LogP contribution is -2.26. The van der Waals surface area contributed by atoms with Crippen LogP contribution in [0, 0.1) is 0 Å². The number of carbonyl (C=O) groups is 1. The maximum Gasteiger partial charge on any atom is 0.224 e. The van der Waals surface area contributed by atoms with Gasteiger partial charge in [-0.15, -0.1) is 0 Å². The number of methoxy groups -OCH3 is 1. The monoisotopic (exact) mass is 298 g/mol. The minimum Gasteiger partial charge on any atom is -0.497 e. The Labute approximate surface area is 131 Å². The predicted octanol–water partition coefficient (Wildman–Crippen LogP) is 2.57. The van der Waals surface area contributed by atoms with Crippen LogP contribution in [0.2, 0.25) is 0 Å². The van der Waals surface area contributed by atoms with Gasteiger partial charge in [0.1, 0.15) is 5.75 Å². The van der Waals surface area contributed by atoms with Crippen LogP contribution in [0.3, 0.4) is 0 Å². The van der Waals surface area contributed by atoms with Crippen LogP contribution in [0.1, 0.15) is 17.5 Å². The second-order valence-corrected chi connectivity index (χ2v) is 5.22. The van der Waals surface area contributed by atoms with Crippen LogP contribution in [-0.4, -0.2) is 19.6 Å². The molecule has 3 N–H and O–H groups in total. The van der Waals surface area contributed by atoms with Gasteiger partial charge in [-0.2, -0.15) is 0 Å². The van der Waals surface area contributed by atoms with Gasteiger partial charge in [-0.05, 0) is 48.2 Å². The molecule has 0 aliphatic heterocycles. The number of nitrogen functional groups attached to an aromatic ring is 1. The first-order valence-electron chi connectivity index (χ1n) is 7.41. The summed E-state index contributed by atoms with van der Waals surface area (Å²) in [6.07, 6.45) is 2.24. The Morgan fingerprint density at radius 2 is 1.68 bits per heavy atom. The third-order valence-corrected chi connectivity index (χ3v) is 3.47. The summed E-state index contributed by atoms with van der Waals surface area (Å²) in [6.45, 7) is 0.680. The molecule has 0 atom stereocenters. The second-order valence-electron chi connectivity index (χ2n) is 5.22. The molecular weight excluding hydrogens is 276 g/mol.